The largest absolute Gasteiger partial charge is 0.0654 e. The standard InChI is InChI=1S/C26H44/c1-3-5-7-8-9-10-11-13-17-23(16-12-6-4-2)26-21-20-24-18-14-15-19-25(24)22-26/h20-23H,3-19H2,1-2H3. The molecule has 0 nitrogen and oxygen atoms in total. The number of fused-ring (bicyclic) bond motifs is 1. The Labute approximate surface area is 164 Å². The van der Waals surface area contributed by atoms with Crippen LogP contribution in [-0.4, -0.2) is 0 Å². The van der Waals surface area contributed by atoms with Crippen LogP contribution in [0, 0.1) is 0 Å². The number of rotatable bonds is 14. The van der Waals surface area contributed by atoms with Crippen LogP contribution < -0.4 is 0 Å². The minimum absolute atomic E-state index is 0.814. The van der Waals surface area contributed by atoms with Crippen molar-refractivity contribution in [2.24, 2.45) is 0 Å². The molecule has 0 N–H and O–H groups in total. The van der Waals surface area contributed by atoms with Crippen molar-refractivity contribution in [1.29, 1.82) is 0 Å². The minimum Gasteiger partial charge on any atom is -0.0654 e. The van der Waals surface area contributed by atoms with Crippen LogP contribution >= 0.6 is 0 Å². The van der Waals surface area contributed by atoms with E-state index in [0.717, 1.165) is 5.92 Å². The van der Waals surface area contributed by atoms with Gasteiger partial charge in [0.25, 0.3) is 0 Å². The Bertz CT molecular complexity index is 473. The Hall–Kier alpha value is -0.780. The second-order valence-corrected chi connectivity index (χ2v) is 8.69. The summed E-state index contributed by atoms with van der Waals surface area (Å²) in [5.74, 6) is 0.814. The Morgan fingerprint density at radius 1 is 0.654 bits per heavy atom. The van der Waals surface area contributed by atoms with E-state index in [1.165, 1.54) is 109 Å². The predicted octanol–water partition coefficient (Wildman–Crippen LogP) is 8.76. The minimum atomic E-state index is 0.814. The lowest BCUT2D eigenvalue weighted by atomic mass is 9.84. The summed E-state index contributed by atoms with van der Waals surface area (Å²) >= 11 is 0. The highest BCUT2D eigenvalue weighted by molar-refractivity contribution is 5.35. The van der Waals surface area contributed by atoms with Gasteiger partial charge in [-0.2, -0.15) is 0 Å². The fourth-order valence-corrected chi connectivity index (χ4v) is 4.65. The molecular weight excluding hydrogens is 312 g/mol. The van der Waals surface area contributed by atoms with Crippen LogP contribution in [0.4, 0.5) is 0 Å². The van der Waals surface area contributed by atoms with Crippen molar-refractivity contribution < 1.29 is 0 Å². The summed E-state index contributed by atoms with van der Waals surface area (Å²) in [6.45, 7) is 4.63. The van der Waals surface area contributed by atoms with Crippen molar-refractivity contribution in [1.82, 2.24) is 0 Å². The molecule has 0 saturated heterocycles. The summed E-state index contributed by atoms with van der Waals surface area (Å²) in [5, 5.41) is 0. The van der Waals surface area contributed by atoms with E-state index in [4.69, 9.17) is 0 Å². The maximum absolute atomic E-state index is 2.59. The van der Waals surface area contributed by atoms with Gasteiger partial charge in [0.15, 0.2) is 0 Å². The molecule has 1 aromatic carbocycles. The lowest BCUT2D eigenvalue weighted by Gasteiger charge is -2.22. The van der Waals surface area contributed by atoms with Gasteiger partial charge in [-0.05, 0) is 61.1 Å². The summed E-state index contributed by atoms with van der Waals surface area (Å²) in [6.07, 6.45) is 23.9. The Morgan fingerprint density at radius 2 is 1.19 bits per heavy atom. The first-order chi connectivity index (χ1) is 12.8. The van der Waals surface area contributed by atoms with Gasteiger partial charge in [-0.25, -0.2) is 0 Å². The van der Waals surface area contributed by atoms with E-state index in [9.17, 15) is 0 Å². The zero-order chi connectivity index (χ0) is 18.5. The maximum atomic E-state index is 2.59. The van der Waals surface area contributed by atoms with E-state index >= 15 is 0 Å². The molecule has 1 aliphatic carbocycles. The monoisotopic (exact) mass is 356 g/mol. The van der Waals surface area contributed by atoms with E-state index in [1.807, 2.05) is 0 Å². The number of hydrogen-bond donors (Lipinski definition) is 0. The zero-order valence-electron chi connectivity index (χ0n) is 17.8. The van der Waals surface area contributed by atoms with Crippen molar-refractivity contribution in [3.63, 3.8) is 0 Å². The first-order valence-electron chi connectivity index (χ1n) is 12.0. The summed E-state index contributed by atoms with van der Waals surface area (Å²) in [6, 6.07) is 7.53. The molecule has 2 rings (SSSR count). The van der Waals surface area contributed by atoms with Crippen molar-refractivity contribution >= 4 is 0 Å². The molecule has 0 heterocycles. The molecule has 148 valence electrons. The molecule has 0 bridgehead atoms. The molecule has 1 atom stereocenters. The summed E-state index contributed by atoms with van der Waals surface area (Å²) in [5.41, 5.74) is 4.97. The molecule has 0 saturated carbocycles. The number of unbranched alkanes of at least 4 members (excludes halogenated alkanes) is 9. The lowest BCUT2D eigenvalue weighted by Crippen LogP contribution is -2.06. The Balaban J connectivity index is 1.79. The highest BCUT2D eigenvalue weighted by Gasteiger charge is 2.15. The van der Waals surface area contributed by atoms with Gasteiger partial charge in [0.2, 0.25) is 0 Å². The molecule has 1 aromatic rings. The molecule has 0 aliphatic heterocycles. The van der Waals surface area contributed by atoms with Gasteiger partial charge in [-0.1, -0.05) is 103 Å². The fraction of sp³-hybridized carbons (Fsp3) is 0.769. The van der Waals surface area contributed by atoms with Crippen LogP contribution in [0.2, 0.25) is 0 Å². The van der Waals surface area contributed by atoms with Gasteiger partial charge in [-0.3, -0.25) is 0 Å². The van der Waals surface area contributed by atoms with Crippen LogP contribution in [0.15, 0.2) is 18.2 Å². The van der Waals surface area contributed by atoms with Crippen LogP contribution in [0.1, 0.15) is 133 Å². The SMILES string of the molecule is CCCCCCCCCCC(CCCCC)c1ccc2c(c1)CCCC2. The highest BCUT2D eigenvalue weighted by Crippen LogP contribution is 2.32. The van der Waals surface area contributed by atoms with Crippen LogP contribution in [-0.2, 0) is 12.8 Å². The normalized spacial score (nSPS) is 15.0. The molecular formula is C26H44. The third-order valence-corrected chi connectivity index (χ3v) is 6.41. The molecule has 0 amide bonds. The summed E-state index contributed by atoms with van der Waals surface area (Å²) in [7, 11) is 0. The average molecular weight is 357 g/mol. The van der Waals surface area contributed by atoms with Crippen molar-refractivity contribution in [2.45, 2.75) is 129 Å². The Kier molecular flexibility index (Phi) is 11.1. The third kappa shape index (κ3) is 7.85. The molecule has 1 unspecified atom stereocenters. The lowest BCUT2D eigenvalue weighted by molar-refractivity contribution is 0.492. The van der Waals surface area contributed by atoms with Crippen molar-refractivity contribution in [3.05, 3.63) is 34.9 Å². The van der Waals surface area contributed by atoms with Gasteiger partial charge in [-0.15, -0.1) is 0 Å². The van der Waals surface area contributed by atoms with E-state index in [2.05, 4.69) is 32.0 Å². The third-order valence-electron chi connectivity index (χ3n) is 6.41. The molecule has 0 heteroatoms. The van der Waals surface area contributed by atoms with E-state index in [0.29, 0.717) is 0 Å². The molecule has 0 fully saturated rings. The Morgan fingerprint density at radius 3 is 1.88 bits per heavy atom. The van der Waals surface area contributed by atoms with E-state index in [-0.39, 0.29) is 0 Å². The van der Waals surface area contributed by atoms with Crippen LogP contribution in [0.5, 0.6) is 0 Å². The van der Waals surface area contributed by atoms with Gasteiger partial charge in [0.1, 0.15) is 0 Å². The smallest absolute Gasteiger partial charge is 0.0162 e. The molecule has 0 aromatic heterocycles. The molecule has 0 spiro atoms. The average Bonchev–Trinajstić information content (AvgIpc) is 2.68. The summed E-state index contributed by atoms with van der Waals surface area (Å²) < 4.78 is 0. The molecule has 0 radical (unpaired) electrons. The second-order valence-electron chi connectivity index (χ2n) is 8.69. The quantitative estimate of drug-likeness (QED) is 0.292. The van der Waals surface area contributed by atoms with Gasteiger partial charge < -0.3 is 0 Å². The highest BCUT2D eigenvalue weighted by atomic mass is 14.2. The fourth-order valence-electron chi connectivity index (χ4n) is 4.65. The predicted molar refractivity (Wildman–Crippen MR) is 117 cm³/mol. The zero-order valence-corrected chi connectivity index (χ0v) is 17.8. The van der Waals surface area contributed by atoms with E-state index in [1.54, 1.807) is 16.7 Å². The first-order valence-corrected chi connectivity index (χ1v) is 12.0. The van der Waals surface area contributed by atoms with Crippen molar-refractivity contribution in [2.75, 3.05) is 0 Å². The van der Waals surface area contributed by atoms with Gasteiger partial charge in [0, 0.05) is 0 Å². The number of benzene rings is 1. The maximum Gasteiger partial charge on any atom is -0.0162 e. The van der Waals surface area contributed by atoms with Gasteiger partial charge in [0.05, 0.1) is 0 Å². The van der Waals surface area contributed by atoms with E-state index < -0.39 is 0 Å². The van der Waals surface area contributed by atoms with Crippen LogP contribution in [0.25, 0.3) is 0 Å². The topological polar surface area (TPSA) is 0 Å². The first kappa shape index (κ1) is 21.5. The van der Waals surface area contributed by atoms with Crippen molar-refractivity contribution in [3.8, 4) is 0 Å². The second kappa shape index (κ2) is 13.4. The summed E-state index contributed by atoms with van der Waals surface area (Å²) in [4.78, 5) is 0. The number of aryl methyl sites for hydroxylation is 2. The molecule has 26 heavy (non-hydrogen) atoms. The number of hydrogen-bond acceptors (Lipinski definition) is 0. The molecule has 1 aliphatic rings. The van der Waals surface area contributed by atoms with Gasteiger partial charge >= 0.3 is 0 Å². The van der Waals surface area contributed by atoms with Crippen LogP contribution in [0.3, 0.4) is 0 Å².